The van der Waals surface area contributed by atoms with Crippen molar-refractivity contribution in [1.29, 1.82) is 0 Å². The molecule has 2 amide bonds. The van der Waals surface area contributed by atoms with Gasteiger partial charge in [-0.05, 0) is 19.9 Å². The number of nitrogens with one attached hydrogen (secondary N) is 1. The Morgan fingerprint density at radius 2 is 2.12 bits per heavy atom. The van der Waals surface area contributed by atoms with Crippen LogP contribution in [0.5, 0.6) is 0 Å². The second-order valence-corrected chi connectivity index (χ2v) is 6.87. The van der Waals surface area contributed by atoms with Gasteiger partial charge in [0.15, 0.2) is 5.82 Å². The Morgan fingerprint density at radius 3 is 2.81 bits per heavy atom. The van der Waals surface area contributed by atoms with Gasteiger partial charge in [0.25, 0.3) is 0 Å². The lowest BCUT2D eigenvalue weighted by molar-refractivity contribution is -0.131. The van der Waals surface area contributed by atoms with E-state index in [0.29, 0.717) is 38.7 Å². The number of amides is 2. The lowest BCUT2D eigenvalue weighted by atomic mass is 10.1. The van der Waals surface area contributed by atoms with Crippen molar-refractivity contribution in [1.82, 2.24) is 29.9 Å². The van der Waals surface area contributed by atoms with Gasteiger partial charge >= 0.3 is 0 Å². The topological polar surface area (TPSA) is 92.6 Å². The predicted molar refractivity (Wildman–Crippen MR) is 96.2 cm³/mol. The zero-order valence-corrected chi connectivity index (χ0v) is 16.1. The second kappa shape index (κ2) is 9.63. The molecule has 0 aliphatic carbocycles. The molecular formula is C17H30N6O3. The van der Waals surface area contributed by atoms with E-state index < -0.39 is 0 Å². The number of aromatic nitrogens is 3. The molecule has 1 aromatic heterocycles. The van der Waals surface area contributed by atoms with Crippen LogP contribution in [-0.4, -0.2) is 82.8 Å². The summed E-state index contributed by atoms with van der Waals surface area (Å²) in [6.45, 7) is 3.82. The Hall–Kier alpha value is -2.00. The van der Waals surface area contributed by atoms with E-state index in [1.54, 1.807) is 25.4 Å². The maximum atomic E-state index is 12.6. The van der Waals surface area contributed by atoms with Gasteiger partial charge in [-0.2, -0.15) is 0 Å². The molecule has 1 aliphatic rings. The first-order valence-corrected chi connectivity index (χ1v) is 8.98. The number of carbonyl (C=O) groups is 2. The van der Waals surface area contributed by atoms with E-state index >= 15 is 0 Å². The lowest BCUT2D eigenvalue weighted by Crippen LogP contribution is -2.42. The number of ether oxygens (including phenoxy) is 1. The average molecular weight is 366 g/mol. The van der Waals surface area contributed by atoms with Gasteiger partial charge in [0.1, 0.15) is 6.33 Å². The highest BCUT2D eigenvalue weighted by Crippen LogP contribution is 2.24. The van der Waals surface area contributed by atoms with Crippen molar-refractivity contribution in [2.24, 2.45) is 0 Å². The number of hydrogen-bond donors (Lipinski definition) is 1. The summed E-state index contributed by atoms with van der Waals surface area (Å²) >= 11 is 0. The second-order valence-electron chi connectivity index (χ2n) is 6.87. The minimum Gasteiger partial charge on any atom is -0.383 e. The molecule has 0 bridgehead atoms. The molecule has 26 heavy (non-hydrogen) atoms. The van der Waals surface area contributed by atoms with E-state index in [2.05, 4.69) is 20.4 Å². The zero-order chi connectivity index (χ0) is 19.1. The maximum absolute atomic E-state index is 12.6. The van der Waals surface area contributed by atoms with Gasteiger partial charge in [-0.3, -0.25) is 14.5 Å². The van der Waals surface area contributed by atoms with Gasteiger partial charge in [0.2, 0.25) is 11.8 Å². The largest absolute Gasteiger partial charge is 0.383 e. The van der Waals surface area contributed by atoms with E-state index in [1.165, 1.54) is 6.92 Å². The van der Waals surface area contributed by atoms with Crippen molar-refractivity contribution in [2.75, 3.05) is 34.4 Å². The number of hydrogen-bond acceptors (Lipinski definition) is 6. The summed E-state index contributed by atoms with van der Waals surface area (Å²) in [4.78, 5) is 27.6. The number of nitrogens with zero attached hydrogens (tertiary/aromatic N) is 5. The van der Waals surface area contributed by atoms with Gasteiger partial charge in [-0.15, -0.1) is 10.2 Å². The molecule has 0 radical (unpaired) electrons. The smallest absolute Gasteiger partial charge is 0.224 e. The van der Waals surface area contributed by atoms with Crippen LogP contribution in [0.3, 0.4) is 0 Å². The van der Waals surface area contributed by atoms with Crippen molar-refractivity contribution >= 4 is 11.8 Å². The van der Waals surface area contributed by atoms with Crippen LogP contribution in [0.25, 0.3) is 0 Å². The van der Waals surface area contributed by atoms with Gasteiger partial charge < -0.3 is 19.5 Å². The summed E-state index contributed by atoms with van der Waals surface area (Å²) in [6.07, 6.45) is 4.08. The quantitative estimate of drug-likeness (QED) is 0.655. The van der Waals surface area contributed by atoms with Crippen molar-refractivity contribution < 1.29 is 14.3 Å². The molecule has 0 spiro atoms. The summed E-state index contributed by atoms with van der Waals surface area (Å²) in [5, 5.41) is 10.9. The van der Waals surface area contributed by atoms with Gasteiger partial charge in [0.05, 0.1) is 13.2 Å². The minimum absolute atomic E-state index is 0.0183. The standard InChI is InChI=1S/C17H30N6O3/c1-13(24)18-10-15-6-5-14(22(15)3)9-17(25)21(2)11-16-20-19-12-23(16)7-8-26-4/h12,14-15H,5-11H2,1-4H3,(H,18,24)/t14-,15+/m0/s1. The third-order valence-electron chi connectivity index (χ3n) is 5.02. The molecule has 0 unspecified atom stereocenters. The molecule has 0 saturated carbocycles. The van der Waals surface area contributed by atoms with E-state index in [-0.39, 0.29) is 17.9 Å². The summed E-state index contributed by atoms with van der Waals surface area (Å²) < 4.78 is 6.98. The third-order valence-corrected chi connectivity index (χ3v) is 5.02. The van der Waals surface area contributed by atoms with Crippen LogP contribution in [0.15, 0.2) is 6.33 Å². The highest BCUT2D eigenvalue weighted by molar-refractivity contribution is 5.76. The van der Waals surface area contributed by atoms with Gasteiger partial charge in [-0.25, -0.2) is 0 Å². The fraction of sp³-hybridized carbons (Fsp3) is 0.765. The van der Waals surface area contributed by atoms with Crippen LogP contribution in [0.1, 0.15) is 32.0 Å². The van der Waals surface area contributed by atoms with Crippen LogP contribution in [0.4, 0.5) is 0 Å². The van der Waals surface area contributed by atoms with Crippen molar-refractivity contribution in [2.45, 2.75) is 51.4 Å². The molecule has 1 fully saturated rings. The number of methoxy groups -OCH3 is 1. The van der Waals surface area contributed by atoms with Crippen LogP contribution in [0.2, 0.25) is 0 Å². The van der Waals surface area contributed by atoms with Gasteiger partial charge in [0, 0.05) is 52.7 Å². The number of carbonyl (C=O) groups excluding carboxylic acids is 2. The zero-order valence-electron chi connectivity index (χ0n) is 16.1. The fourth-order valence-corrected chi connectivity index (χ4v) is 3.28. The molecule has 1 N–H and O–H groups in total. The molecule has 2 heterocycles. The predicted octanol–water partition coefficient (Wildman–Crippen LogP) is -0.128. The number of likely N-dealkylation sites (tertiary alicyclic amines) is 1. The molecule has 2 atom stereocenters. The van der Waals surface area contributed by atoms with Gasteiger partial charge in [-0.1, -0.05) is 0 Å². The monoisotopic (exact) mass is 366 g/mol. The molecule has 9 nitrogen and oxygen atoms in total. The summed E-state index contributed by atoms with van der Waals surface area (Å²) in [5.41, 5.74) is 0. The Kier molecular flexibility index (Phi) is 7.52. The Labute approximate surface area is 154 Å². The van der Waals surface area contributed by atoms with E-state index in [9.17, 15) is 9.59 Å². The first kappa shape index (κ1) is 20.3. The van der Waals surface area contributed by atoms with Crippen molar-refractivity contribution in [3.05, 3.63) is 12.2 Å². The first-order valence-electron chi connectivity index (χ1n) is 8.98. The average Bonchev–Trinajstić information content (AvgIpc) is 3.18. The maximum Gasteiger partial charge on any atom is 0.224 e. The normalized spacial score (nSPS) is 20.3. The van der Waals surface area contributed by atoms with E-state index in [0.717, 1.165) is 18.7 Å². The fourth-order valence-electron chi connectivity index (χ4n) is 3.28. The van der Waals surface area contributed by atoms with Crippen LogP contribution >= 0.6 is 0 Å². The summed E-state index contributed by atoms with van der Waals surface area (Å²) in [5.74, 6) is 0.819. The minimum atomic E-state index is -0.0183. The summed E-state index contributed by atoms with van der Waals surface area (Å²) in [7, 11) is 5.47. The molecule has 146 valence electrons. The van der Waals surface area contributed by atoms with Crippen molar-refractivity contribution in [3.8, 4) is 0 Å². The lowest BCUT2D eigenvalue weighted by Gasteiger charge is -2.27. The Morgan fingerprint density at radius 1 is 1.38 bits per heavy atom. The SMILES string of the molecule is COCCn1cnnc1CN(C)C(=O)C[C@@H]1CC[C@H](CNC(C)=O)N1C. The van der Waals surface area contributed by atoms with Crippen LogP contribution in [0, 0.1) is 0 Å². The number of rotatable bonds is 9. The highest BCUT2D eigenvalue weighted by Gasteiger charge is 2.32. The third kappa shape index (κ3) is 5.50. The molecule has 9 heteroatoms. The molecule has 1 saturated heterocycles. The van der Waals surface area contributed by atoms with Crippen molar-refractivity contribution in [3.63, 3.8) is 0 Å². The Balaban J connectivity index is 1.84. The first-order chi connectivity index (χ1) is 12.4. The molecule has 1 aliphatic heterocycles. The number of likely N-dealkylation sites (N-methyl/N-ethyl adjacent to an activating group) is 1. The highest BCUT2D eigenvalue weighted by atomic mass is 16.5. The molecule has 0 aromatic carbocycles. The summed E-state index contributed by atoms with van der Waals surface area (Å²) in [6, 6.07) is 0.495. The van der Waals surface area contributed by atoms with E-state index in [4.69, 9.17) is 4.74 Å². The van der Waals surface area contributed by atoms with E-state index in [1.807, 2.05) is 11.6 Å². The molecule has 2 rings (SSSR count). The molecule has 1 aromatic rings. The van der Waals surface area contributed by atoms with Crippen LogP contribution < -0.4 is 5.32 Å². The van der Waals surface area contributed by atoms with Crippen LogP contribution in [-0.2, 0) is 27.4 Å². The Bertz CT molecular complexity index is 605. The molecular weight excluding hydrogens is 336 g/mol.